The molecule has 0 aliphatic heterocycles. The Kier molecular flexibility index (Phi) is 4.15. The van der Waals surface area contributed by atoms with E-state index >= 15 is 0 Å². The lowest BCUT2D eigenvalue weighted by Crippen LogP contribution is -2.19. The van der Waals surface area contributed by atoms with E-state index in [0.717, 1.165) is 29.4 Å². The summed E-state index contributed by atoms with van der Waals surface area (Å²) in [5, 5.41) is 14.2. The van der Waals surface area contributed by atoms with E-state index in [-0.39, 0.29) is 6.10 Å². The molecule has 3 heteroatoms. The number of fused-ring (bicyclic) bond motifs is 1. The molecule has 0 aliphatic rings. The first-order valence-electron chi connectivity index (χ1n) is 6.48. The maximum absolute atomic E-state index is 9.76. The van der Waals surface area contributed by atoms with Crippen molar-refractivity contribution in [3.05, 3.63) is 36.0 Å². The van der Waals surface area contributed by atoms with E-state index in [1.54, 1.807) is 0 Å². The van der Waals surface area contributed by atoms with Crippen molar-refractivity contribution in [3.8, 4) is 0 Å². The molecule has 0 spiro atoms. The van der Waals surface area contributed by atoms with Crippen LogP contribution in [-0.4, -0.2) is 22.7 Å². The molecule has 0 saturated carbocycles. The van der Waals surface area contributed by atoms with Gasteiger partial charge in [-0.1, -0.05) is 31.5 Å². The Bertz CT molecular complexity index is 525. The Hall–Kier alpha value is -1.61. The van der Waals surface area contributed by atoms with Crippen LogP contribution in [0.5, 0.6) is 0 Å². The molecule has 18 heavy (non-hydrogen) atoms. The number of anilines is 1. The van der Waals surface area contributed by atoms with Gasteiger partial charge in [0, 0.05) is 23.8 Å². The lowest BCUT2D eigenvalue weighted by molar-refractivity contribution is 0.176. The van der Waals surface area contributed by atoms with Gasteiger partial charge >= 0.3 is 0 Å². The monoisotopic (exact) mass is 244 g/mol. The number of aliphatic hydroxyl groups excluding tert-OH is 1. The predicted octanol–water partition coefficient (Wildman–Crippen LogP) is 3.12. The molecule has 2 N–H and O–H groups in total. The Morgan fingerprint density at radius 3 is 2.94 bits per heavy atom. The minimum atomic E-state index is -0.289. The molecular weight excluding hydrogens is 224 g/mol. The summed E-state index contributed by atoms with van der Waals surface area (Å²) in [7, 11) is 0. The fourth-order valence-corrected chi connectivity index (χ4v) is 2.14. The van der Waals surface area contributed by atoms with E-state index in [1.165, 1.54) is 5.56 Å². The molecule has 0 radical (unpaired) electrons. The number of rotatable bonds is 5. The maximum Gasteiger partial charge on any atom is 0.0751 e. The maximum atomic E-state index is 9.76. The van der Waals surface area contributed by atoms with E-state index < -0.39 is 0 Å². The van der Waals surface area contributed by atoms with Crippen molar-refractivity contribution in [1.29, 1.82) is 0 Å². The summed E-state index contributed by atoms with van der Waals surface area (Å²) in [6, 6.07) is 8.11. The van der Waals surface area contributed by atoms with Crippen molar-refractivity contribution >= 4 is 16.6 Å². The molecule has 2 aromatic rings. The molecule has 0 aliphatic carbocycles. The molecule has 2 rings (SSSR count). The lowest BCUT2D eigenvalue weighted by Gasteiger charge is -2.13. The van der Waals surface area contributed by atoms with Crippen molar-refractivity contribution in [2.75, 3.05) is 11.9 Å². The van der Waals surface area contributed by atoms with Crippen LogP contribution in [0.4, 0.5) is 5.69 Å². The topological polar surface area (TPSA) is 45.1 Å². The van der Waals surface area contributed by atoms with Crippen molar-refractivity contribution < 1.29 is 5.11 Å². The predicted molar refractivity (Wildman–Crippen MR) is 75.9 cm³/mol. The van der Waals surface area contributed by atoms with E-state index in [4.69, 9.17) is 0 Å². The van der Waals surface area contributed by atoms with Crippen LogP contribution >= 0.6 is 0 Å². The second-order valence-corrected chi connectivity index (χ2v) is 4.65. The van der Waals surface area contributed by atoms with E-state index in [1.807, 2.05) is 18.3 Å². The molecule has 0 fully saturated rings. The Labute approximate surface area is 108 Å². The van der Waals surface area contributed by atoms with Crippen LogP contribution in [0.2, 0.25) is 0 Å². The van der Waals surface area contributed by atoms with Crippen molar-refractivity contribution in [1.82, 2.24) is 4.98 Å². The Balaban J connectivity index is 2.21. The summed E-state index contributed by atoms with van der Waals surface area (Å²) in [6.45, 7) is 4.72. The van der Waals surface area contributed by atoms with E-state index in [9.17, 15) is 5.11 Å². The summed E-state index contributed by atoms with van der Waals surface area (Å²) in [5.41, 5.74) is 3.23. The number of hydrogen-bond acceptors (Lipinski definition) is 3. The summed E-state index contributed by atoms with van der Waals surface area (Å²) in [5.74, 6) is 0. The Morgan fingerprint density at radius 2 is 2.17 bits per heavy atom. The van der Waals surface area contributed by atoms with Crippen molar-refractivity contribution in [3.63, 3.8) is 0 Å². The van der Waals surface area contributed by atoms with Gasteiger partial charge in [0.1, 0.15) is 0 Å². The van der Waals surface area contributed by atoms with Crippen LogP contribution in [0.25, 0.3) is 10.9 Å². The largest absolute Gasteiger partial charge is 0.391 e. The van der Waals surface area contributed by atoms with E-state index in [0.29, 0.717) is 6.54 Å². The fourth-order valence-electron chi connectivity index (χ4n) is 2.14. The van der Waals surface area contributed by atoms with Crippen LogP contribution in [0.3, 0.4) is 0 Å². The smallest absolute Gasteiger partial charge is 0.0751 e. The summed E-state index contributed by atoms with van der Waals surface area (Å²) >= 11 is 0. The third kappa shape index (κ3) is 2.79. The second kappa shape index (κ2) is 5.83. The quantitative estimate of drug-likeness (QED) is 0.849. The average molecular weight is 244 g/mol. The lowest BCUT2D eigenvalue weighted by atomic mass is 10.1. The molecule has 1 aromatic carbocycles. The normalized spacial score (nSPS) is 12.6. The number of hydrogen-bond donors (Lipinski definition) is 2. The van der Waals surface area contributed by atoms with Crippen LogP contribution in [0, 0.1) is 6.92 Å². The molecule has 1 aromatic heterocycles. The van der Waals surface area contributed by atoms with Crippen LogP contribution in [-0.2, 0) is 0 Å². The van der Waals surface area contributed by atoms with Crippen molar-refractivity contribution in [2.45, 2.75) is 32.8 Å². The minimum absolute atomic E-state index is 0.289. The molecule has 0 bridgehead atoms. The minimum Gasteiger partial charge on any atom is -0.391 e. The standard InChI is InChI=1S/C15H20N2O/c1-3-5-12(18)10-17-14-8-9-16-15-11(2)6-4-7-13(14)15/h4,6-9,12,18H,3,5,10H2,1-2H3,(H,16,17). The van der Waals surface area contributed by atoms with Gasteiger partial charge in [-0.2, -0.15) is 0 Å². The van der Waals surface area contributed by atoms with E-state index in [2.05, 4.69) is 36.3 Å². The van der Waals surface area contributed by atoms with Crippen LogP contribution < -0.4 is 5.32 Å². The molecule has 96 valence electrons. The summed E-state index contributed by atoms with van der Waals surface area (Å²) in [4.78, 5) is 4.40. The average Bonchev–Trinajstić information content (AvgIpc) is 2.37. The number of aromatic nitrogens is 1. The SMILES string of the molecule is CCCC(O)CNc1ccnc2c(C)cccc12. The number of benzene rings is 1. The zero-order valence-corrected chi connectivity index (χ0v) is 11.0. The fraction of sp³-hybridized carbons (Fsp3) is 0.400. The number of para-hydroxylation sites is 1. The van der Waals surface area contributed by atoms with Gasteiger partial charge in [0.05, 0.1) is 11.6 Å². The molecule has 0 amide bonds. The highest BCUT2D eigenvalue weighted by atomic mass is 16.3. The van der Waals surface area contributed by atoms with Gasteiger partial charge in [0.2, 0.25) is 0 Å². The molecule has 1 atom stereocenters. The van der Waals surface area contributed by atoms with Gasteiger partial charge in [-0.15, -0.1) is 0 Å². The number of aryl methyl sites for hydroxylation is 1. The highest BCUT2D eigenvalue weighted by Crippen LogP contribution is 2.23. The molecule has 1 heterocycles. The highest BCUT2D eigenvalue weighted by Gasteiger charge is 2.06. The highest BCUT2D eigenvalue weighted by molar-refractivity contribution is 5.92. The summed E-state index contributed by atoms with van der Waals surface area (Å²) in [6.07, 6.45) is 3.35. The van der Waals surface area contributed by atoms with Gasteiger partial charge in [-0.3, -0.25) is 4.98 Å². The van der Waals surface area contributed by atoms with Gasteiger partial charge in [-0.25, -0.2) is 0 Å². The molecule has 3 nitrogen and oxygen atoms in total. The van der Waals surface area contributed by atoms with Gasteiger partial charge in [0.15, 0.2) is 0 Å². The number of nitrogens with zero attached hydrogens (tertiary/aromatic N) is 1. The first kappa shape index (κ1) is 12.8. The zero-order chi connectivity index (χ0) is 13.0. The molecule has 1 unspecified atom stereocenters. The van der Waals surface area contributed by atoms with Crippen molar-refractivity contribution in [2.24, 2.45) is 0 Å². The Morgan fingerprint density at radius 1 is 1.33 bits per heavy atom. The van der Waals surface area contributed by atoms with Gasteiger partial charge < -0.3 is 10.4 Å². The van der Waals surface area contributed by atoms with Gasteiger partial charge in [0.25, 0.3) is 0 Å². The van der Waals surface area contributed by atoms with Crippen LogP contribution in [0.1, 0.15) is 25.3 Å². The molecule has 0 saturated heterocycles. The van der Waals surface area contributed by atoms with Gasteiger partial charge in [-0.05, 0) is 25.0 Å². The number of nitrogens with one attached hydrogen (secondary N) is 1. The third-order valence-corrected chi connectivity index (χ3v) is 3.12. The number of aliphatic hydroxyl groups is 1. The molecular formula is C15H20N2O. The number of pyridine rings is 1. The summed E-state index contributed by atoms with van der Waals surface area (Å²) < 4.78 is 0. The first-order valence-corrected chi connectivity index (χ1v) is 6.48. The first-order chi connectivity index (χ1) is 8.72. The zero-order valence-electron chi connectivity index (χ0n) is 11.0. The second-order valence-electron chi connectivity index (χ2n) is 4.65. The van der Waals surface area contributed by atoms with Crippen LogP contribution in [0.15, 0.2) is 30.5 Å². The third-order valence-electron chi connectivity index (χ3n) is 3.12.